The van der Waals surface area contributed by atoms with Gasteiger partial charge in [0, 0.05) is 16.6 Å². The molecule has 3 N–H and O–H groups in total. The summed E-state index contributed by atoms with van der Waals surface area (Å²) in [6.07, 6.45) is 0.388. The van der Waals surface area contributed by atoms with Crippen molar-refractivity contribution in [3.63, 3.8) is 0 Å². The van der Waals surface area contributed by atoms with Crippen LogP contribution in [0.5, 0.6) is 0 Å². The number of fused-ring (bicyclic) bond motifs is 1. The van der Waals surface area contributed by atoms with Gasteiger partial charge < -0.3 is 11.1 Å². The predicted octanol–water partition coefficient (Wildman–Crippen LogP) is 2.54. The molecule has 0 radical (unpaired) electrons. The number of benzene rings is 1. The third-order valence-corrected chi connectivity index (χ3v) is 3.60. The second-order valence-corrected chi connectivity index (χ2v) is 5.08. The topological polar surface area (TPSA) is 68.0 Å². The van der Waals surface area contributed by atoms with Gasteiger partial charge in [-0.1, -0.05) is 11.6 Å². The fourth-order valence-corrected chi connectivity index (χ4v) is 2.68. The van der Waals surface area contributed by atoms with Crippen LogP contribution in [0.25, 0.3) is 11.3 Å². The summed E-state index contributed by atoms with van der Waals surface area (Å²) in [6.45, 7) is 0. The van der Waals surface area contributed by atoms with E-state index < -0.39 is 0 Å². The maximum Gasteiger partial charge on any atom is 0.228 e. The number of halogens is 1. The highest BCUT2D eigenvalue weighted by Gasteiger charge is 2.20. The molecule has 1 amide bonds. The first kappa shape index (κ1) is 10.6. The van der Waals surface area contributed by atoms with E-state index in [4.69, 9.17) is 17.3 Å². The molecule has 4 nitrogen and oxygen atoms in total. The molecule has 0 saturated carbocycles. The van der Waals surface area contributed by atoms with Crippen molar-refractivity contribution in [2.24, 2.45) is 0 Å². The summed E-state index contributed by atoms with van der Waals surface area (Å²) in [5.41, 5.74) is 8.89. The van der Waals surface area contributed by atoms with Crippen molar-refractivity contribution in [3.8, 4) is 11.3 Å². The molecular weight excluding hydrogens is 258 g/mol. The van der Waals surface area contributed by atoms with E-state index in [-0.39, 0.29) is 5.91 Å². The smallest absolute Gasteiger partial charge is 0.228 e. The van der Waals surface area contributed by atoms with Crippen LogP contribution in [0.3, 0.4) is 0 Å². The number of nitrogens with one attached hydrogen (secondary N) is 1. The van der Waals surface area contributed by atoms with Gasteiger partial charge in [-0.05, 0) is 17.7 Å². The maximum atomic E-state index is 11.3. The zero-order valence-electron chi connectivity index (χ0n) is 8.66. The minimum atomic E-state index is -0.00833. The van der Waals surface area contributed by atoms with Gasteiger partial charge in [0.05, 0.1) is 17.1 Å². The summed E-state index contributed by atoms with van der Waals surface area (Å²) < 4.78 is 0. The molecule has 2 aromatic rings. The van der Waals surface area contributed by atoms with Gasteiger partial charge >= 0.3 is 0 Å². The van der Waals surface area contributed by atoms with Crippen LogP contribution >= 0.6 is 22.9 Å². The highest BCUT2D eigenvalue weighted by Crippen LogP contribution is 2.36. The molecule has 0 saturated heterocycles. The number of carbonyl (C=O) groups excluding carboxylic acids is 1. The average Bonchev–Trinajstić information content (AvgIpc) is 2.82. The van der Waals surface area contributed by atoms with Crippen molar-refractivity contribution in [3.05, 3.63) is 28.1 Å². The number of carbonyl (C=O) groups is 1. The first-order chi connectivity index (χ1) is 8.13. The predicted molar refractivity (Wildman–Crippen MR) is 69.3 cm³/mol. The number of rotatable bonds is 1. The summed E-state index contributed by atoms with van der Waals surface area (Å²) >= 11 is 7.54. The molecule has 86 valence electrons. The lowest BCUT2D eigenvalue weighted by Gasteiger charge is -2.04. The Morgan fingerprint density at radius 3 is 3.00 bits per heavy atom. The SMILES string of the molecule is Nc1nc(-c2cc3c(cc2Cl)NC(=O)C3)cs1. The summed E-state index contributed by atoms with van der Waals surface area (Å²) in [7, 11) is 0. The van der Waals surface area contributed by atoms with E-state index in [1.54, 1.807) is 6.07 Å². The van der Waals surface area contributed by atoms with Crippen LogP contribution in [0, 0.1) is 0 Å². The number of nitrogen functional groups attached to an aromatic ring is 1. The number of aromatic nitrogens is 1. The number of nitrogens with zero attached hydrogens (tertiary/aromatic N) is 1. The van der Waals surface area contributed by atoms with Gasteiger partial charge in [-0.15, -0.1) is 11.3 Å². The number of amides is 1. The number of nitrogens with two attached hydrogens (primary N) is 1. The molecule has 0 aliphatic carbocycles. The van der Waals surface area contributed by atoms with E-state index in [9.17, 15) is 4.79 Å². The van der Waals surface area contributed by atoms with Crippen molar-refractivity contribution in [2.45, 2.75) is 6.42 Å². The molecule has 17 heavy (non-hydrogen) atoms. The molecule has 0 unspecified atom stereocenters. The fourth-order valence-electron chi connectivity index (χ4n) is 1.86. The van der Waals surface area contributed by atoms with Crippen LogP contribution in [0.1, 0.15) is 5.56 Å². The standard InChI is InChI=1S/C11H8ClN3OS/c12-7-3-8-5(2-10(16)14-8)1-6(7)9-4-17-11(13)15-9/h1,3-4H,2H2,(H2,13,15)(H,14,16). The Morgan fingerprint density at radius 2 is 2.29 bits per heavy atom. The lowest BCUT2D eigenvalue weighted by atomic mass is 10.1. The molecule has 0 fully saturated rings. The van der Waals surface area contributed by atoms with E-state index in [0.717, 1.165) is 22.5 Å². The summed E-state index contributed by atoms with van der Waals surface area (Å²) in [5, 5.41) is 5.68. The van der Waals surface area contributed by atoms with Gasteiger partial charge in [0.25, 0.3) is 0 Å². The molecule has 6 heteroatoms. The fraction of sp³-hybridized carbons (Fsp3) is 0.0909. The van der Waals surface area contributed by atoms with Gasteiger partial charge in [0.2, 0.25) is 5.91 Å². The molecule has 2 heterocycles. The Balaban J connectivity index is 2.13. The van der Waals surface area contributed by atoms with Gasteiger partial charge in [0.1, 0.15) is 0 Å². The number of hydrogen-bond acceptors (Lipinski definition) is 4. The molecule has 1 aliphatic rings. The Hall–Kier alpha value is -1.59. The largest absolute Gasteiger partial charge is 0.375 e. The molecule has 1 aromatic carbocycles. The van der Waals surface area contributed by atoms with Crippen LogP contribution in [-0.4, -0.2) is 10.9 Å². The highest BCUT2D eigenvalue weighted by molar-refractivity contribution is 7.13. The van der Waals surface area contributed by atoms with Crippen molar-refractivity contribution in [2.75, 3.05) is 11.1 Å². The van der Waals surface area contributed by atoms with Gasteiger partial charge in [0.15, 0.2) is 5.13 Å². The van der Waals surface area contributed by atoms with Crippen LogP contribution < -0.4 is 11.1 Å². The van der Waals surface area contributed by atoms with Crippen molar-refractivity contribution >= 4 is 39.7 Å². The second-order valence-electron chi connectivity index (χ2n) is 3.79. The Labute approximate surface area is 106 Å². The minimum absolute atomic E-state index is 0.00833. The van der Waals surface area contributed by atoms with Crippen molar-refractivity contribution < 1.29 is 4.79 Å². The average molecular weight is 266 g/mol. The summed E-state index contributed by atoms with van der Waals surface area (Å²) in [4.78, 5) is 15.5. The molecule has 0 spiro atoms. The molecular formula is C11H8ClN3OS. The third kappa shape index (κ3) is 1.77. The Bertz CT molecular complexity index is 623. The molecule has 1 aromatic heterocycles. The van der Waals surface area contributed by atoms with E-state index in [2.05, 4.69) is 10.3 Å². The van der Waals surface area contributed by atoms with Crippen molar-refractivity contribution in [1.82, 2.24) is 4.98 Å². The van der Waals surface area contributed by atoms with Gasteiger partial charge in [-0.25, -0.2) is 4.98 Å². The molecule has 3 rings (SSSR count). The second kappa shape index (κ2) is 3.72. The lowest BCUT2D eigenvalue weighted by molar-refractivity contribution is -0.115. The molecule has 0 atom stereocenters. The van der Waals surface area contributed by atoms with Gasteiger partial charge in [-0.2, -0.15) is 0 Å². The minimum Gasteiger partial charge on any atom is -0.375 e. The number of hydrogen-bond donors (Lipinski definition) is 2. The lowest BCUT2D eigenvalue weighted by Crippen LogP contribution is -2.03. The van der Waals surface area contributed by atoms with Crippen LogP contribution in [0.2, 0.25) is 5.02 Å². The zero-order valence-corrected chi connectivity index (χ0v) is 10.2. The quantitative estimate of drug-likeness (QED) is 0.833. The Kier molecular flexibility index (Phi) is 2.31. The number of thiazole rings is 1. The van der Waals surface area contributed by atoms with Crippen LogP contribution in [0.4, 0.5) is 10.8 Å². The van der Waals surface area contributed by atoms with E-state index in [1.165, 1.54) is 11.3 Å². The van der Waals surface area contributed by atoms with E-state index in [0.29, 0.717) is 16.6 Å². The van der Waals surface area contributed by atoms with Crippen LogP contribution in [0.15, 0.2) is 17.5 Å². The summed E-state index contributed by atoms with van der Waals surface area (Å²) in [6, 6.07) is 3.65. The molecule has 0 bridgehead atoms. The summed E-state index contributed by atoms with van der Waals surface area (Å²) in [5.74, 6) is -0.00833. The van der Waals surface area contributed by atoms with Gasteiger partial charge in [-0.3, -0.25) is 4.79 Å². The normalized spacial score (nSPS) is 13.6. The first-order valence-corrected chi connectivity index (χ1v) is 6.23. The third-order valence-electron chi connectivity index (χ3n) is 2.62. The van der Waals surface area contributed by atoms with Crippen LogP contribution in [-0.2, 0) is 11.2 Å². The number of anilines is 2. The van der Waals surface area contributed by atoms with E-state index >= 15 is 0 Å². The Morgan fingerprint density at radius 1 is 1.47 bits per heavy atom. The first-order valence-electron chi connectivity index (χ1n) is 4.97. The highest BCUT2D eigenvalue weighted by atomic mass is 35.5. The van der Waals surface area contributed by atoms with Crippen molar-refractivity contribution in [1.29, 1.82) is 0 Å². The zero-order chi connectivity index (χ0) is 12.0. The molecule has 1 aliphatic heterocycles. The maximum absolute atomic E-state index is 11.3. The van der Waals surface area contributed by atoms with E-state index in [1.807, 2.05) is 11.4 Å². The monoisotopic (exact) mass is 265 g/mol.